The number of carbonyl (C=O) groups is 1. The van der Waals surface area contributed by atoms with E-state index < -0.39 is 0 Å². The lowest BCUT2D eigenvalue weighted by molar-refractivity contribution is 0.0297. The van der Waals surface area contributed by atoms with Gasteiger partial charge in [0, 0.05) is 43.5 Å². The molecular formula is C23H31FN4O2. The number of halogens is 1. The summed E-state index contributed by atoms with van der Waals surface area (Å²) in [7, 11) is 0. The van der Waals surface area contributed by atoms with E-state index in [-0.39, 0.29) is 17.8 Å². The van der Waals surface area contributed by atoms with Gasteiger partial charge in [-0.3, -0.25) is 9.48 Å². The molecule has 1 aromatic carbocycles. The van der Waals surface area contributed by atoms with Crippen molar-refractivity contribution in [3.63, 3.8) is 0 Å². The van der Waals surface area contributed by atoms with Crippen LogP contribution >= 0.6 is 0 Å². The molecule has 2 aromatic rings. The number of hydrogen-bond donors (Lipinski definition) is 1. The maximum atomic E-state index is 13.2. The Kier molecular flexibility index (Phi) is 6.49. The first-order valence-corrected chi connectivity index (χ1v) is 10.9. The molecule has 0 radical (unpaired) electrons. The number of ether oxygens (including phenoxy) is 1. The number of rotatable bonds is 6. The number of nitrogens with one attached hydrogen (secondary N) is 1. The normalized spacial score (nSPS) is 19.2. The Labute approximate surface area is 177 Å². The van der Waals surface area contributed by atoms with Crippen molar-refractivity contribution in [3.05, 3.63) is 52.6 Å². The monoisotopic (exact) mass is 414 g/mol. The predicted molar refractivity (Wildman–Crippen MR) is 113 cm³/mol. The summed E-state index contributed by atoms with van der Waals surface area (Å²) in [6.07, 6.45) is 2.70. The molecule has 2 heterocycles. The van der Waals surface area contributed by atoms with E-state index in [1.54, 1.807) is 0 Å². The van der Waals surface area contributed by atoms with Crippen molar-refractivity contribution in [3.8, 4) is 0 Å². The van der Waals surface area contributed by atoms with Gasteiger partial charge in [0.15, 0.2) is 5.69 Å². The topological polar surface area (TPSA) is 59.4 Å². The molecule has 1 aliphatic heterocycles. The summed E-state index contributed by atoms with van der Waals surface area (Å²) < 4.78 is 20.6. The van der Waals surface area contributed by atoms with E-state index >= 15 is 0 Å². The maximum absolute atomic E-state index is 13.2. The van der Waals surface area contributed by atoms with Crippen LogP contribution in [-0.2, 0) is 30.7 Å². The zero-order chi connectivity index (χ0) is 21.1. The Morgan fingerprint density at radius 1 is 1.27 bits per heavy atom. The molecule has 30 heavy (non-hydrogen) atoms. The number of carbonyl (C=O) groups excluding carboxylic acids is 1. The molecule has 0 saturated carbocycles. The summed E-state index contributed by atoms with van der Waals surface area (Å²) >= 11 is 0. The Morgan fingerprint density at radius 2 is 2.00 bits per heavy atom. The zero-order valence-corrected chi connectivity index (χ0v) is 17.9. The Morgan fingerprint density at radius 3 is 2.70 bits per heavy atom. The third-order valence-corrected chi connectivity index (χ3v) is 5.89. The second-order valence-corrected chi connectivity index (χ2v) is 8.70. The van der Waals surface area contributed by atoms with Gasteiger partial charge in [-0.05, 0) is 42.9 Å². The largest absolute Gasteiger partial charge is 0.378 e. The van der Waals surface area contributed by atoms with Crippen molar-refractivity contribution >= 4 is 5.91 Å². The second-order valence-electron chi connectivity index (χ2n) is 8.70. The first kappa shape index (κ1) is 21.0. The fourth-order valence-electron chi connectivity index (χ4n) is 4.31. The highest BCUT2D eigenvalue weighted by Crippen LogP contribution is 2.27. The van der Waals surface area contributed by atoms with Crippen LogP contribution in [0.1, 0.15) is 47.6 Å². The fourth-order valence-corrected chi connectivity index (χ4v) is 4.31. The Balaban J connectivity index is 1.52. The van der Waals surface area contributed by atoms with Crippen molar-refractivity contribution in [2.45, 2.75) is 52.2 Å². The first-order valence-electron chi connectivity index (χ1n) is 10.9. The molecule has 1 N–H and O–H groups in total. The van der Waals surface area contributed by atoms with Crippen LogP contribution < -0.4 is 5.32 Å². The van der Waals surface area contributed by atoms with E-state index in [9.17, 15) is 9.18 Å². The lowest BCUT2D eigenvalue weighted by Crippen LogP contribution is -2.41. The number of morpholine rings is 1. The lowest BCUT2D eigenvalue weighted by atomic mass is 9.90. The van der Waals surface area contributed by atoms with Crippen LogP contribution in [0.25, 0.3) is 0 Å². The second kappa shape index (κ2) is 9.27. The van der Waals surface area contributed by atoms with Crippen LogP contribution in [-0.4, -0.2) is 52.9 Å². The van der Waals surface area contributed by atoms with E-state index in [2.05, 4.69) is 23.8 Å². The number of aromatic nitrogens is 2. The van der Waals surface area contributed by atoms with Gasteiger partial charge < -0.3 is 15.0 Å². The SMILES string of the molecule is CC(C)Cn1nc(C(=O)N2CCOCC2)c2c1CC[C@@H](NCc1ccc(F)cc1)C2. The average molecular weight is 415 g/mol. The molecule has 162 valence electrons. The Hall–Kier alpha value is -2.25. The van der Waals surface area contributed by atoms with Gasteiger partial charge in [0.2, 0.25) is 0 Å². The van der Waals surface area contributed by atoms with Gasteiger partial charge in [0.25, 0.3) is 5.91 Å². The molecule has 6 nitrogen and oxygen atoms in total. The van der Waals surface area contributed by atoms with Crippen LogP contribution in [0.15, 0.2) is 24.3 Å². The molecule has 0 bridgehead atoms. The number of benzene rings is 1. The summed E-state index contributed by atoms with van der Waals surface area (Å²) in [5, 5.41) is 8.37. The highest BCUT2D eigenvalue weighted by molar-refractivity contribution is 5.94. The molecule has 0 unspecified atom stereocenters. The van der Waals surface area contributed by atoms with Crippen molar-refractivity contribution in [2.75, 3.05) is 26.3 Å². The summed E-state index contributed by atoms with van der Waals surface area (Å²) in [5.41, 5.74) is 3.97. The molecule has 2 aliphatic rings. The van der Waals surface area contributed by atoms with Gasteiger partial charge in [-0.2, -0.15) is 5.10 Å². The molecule has 0 spiro atoms. The smallest absolute Gasteiger partial charge is 0.274 e. The molecule has 1 saturated heterocycles. The third-order valence-electron chi connectivity index (χ3n) is 5.89. The van der Waals surface area contributed by atoms with Crippen molar-refractivity contribution in [1.29, 1.82) is 0 Å². The van der Waals surface area contributed by atoms with Crippen molar-refractivity contribution in [2.24, 2.45) is 5.92 Å². The minimum Gasteiger partial charge on any atom is -0.378 e. The maximum Gasteiger partial charge on any atom is 0.274 e. The highest BCUT2D eigenvalue weighted by Gasteiger charge is 2.31. The van der Waals surface area contributed by atoms with Crippen molar-refractivity contribution < 1.29 is 13.9 Å². The van der Waals surface area contributed by atoms with E-state index in [1.165, 1.54) is 17.8 Å². The van der Waals surface area contributed by atoms with E-state index in [0.29, 0.717) is 44.5 Å². The van der Waals surface area contributed by atoms with Crippen LogP contribution in [0.4, 0.5) is 4.39 Å². The number of nitrogens with zero attached hydrogens (tertiary/aromatic N) is 3. The van der Waals surface area contributed by atoms with Gasteiger partial charge in [-0.1, -0.05) is 26.0 Å². The first-order chi connectivity index (χ1) is 14.5. The molecular weight excluding hydrogens is 383 g/mol. The fraction of sp³-hybridized carbons (Fsp3) is 0.565. The predicted octanol–water partition coefficient (Wildman–Crippen LogP) is 2.80. The van der Waals surface area contributed by atoms with Gasteiger partial charge in [-0.15, -0.1) is 0 Å². The molecule has 1 fully saturated rings. The molecule has 7 heteroatoms. The standard InChI is InChI=1S/C23H31FN4O2/c1-16(2)15-28-21-8-7-19(25-14-17-3-5-18(24)6-4-17)13-20(21)22(26-28)23(29)27-9-11-30-12-10-27/h3-6,16,19,25H,7-15H2,1-2H3/t19-/m1/s1. The van der Waals surface area contributed by atoms with E-state index in [1.807, 2.05) is 17.0 Å². The minimum atomic E-state index is -0.218. The third kappa shape index (κ3) is 4.73. The van der Waals surface area contributed by atoms with Gasteiger partial charge in [0.05, 0.1) is 13.2 Å². The summed E-state index contributed by atoms with van der Waals surface area (Å²) in [4.78, 5) is 15.1. The lowest BCUT2D eigenvalue weighted by Gasteiger charge is -2.28. The molecule has 1 aliphatic carbocycles. The highest BCUT2D eigenvalue weighted by atomic mass is 19.1. The van der Waals surface area contributed by atoms with E-state index in [4.69, 9.17) is 9.84 Å². The molecule has 4 rings (SSSR count). The molecule has 1 atom stereocenters. The minimum absolute atomic E-state index is 0.0243. The van der Waals surface area contributed by atoms with E-state index in [0.717, 1.165) is 36.9 Å². The Bertz CT molecular complexity index is 872. The number of fused-ring (bicyclic) bond motifs is 1. The molecule has 1 amide bonds. The molecule has 1 aromatic heterocycles. The summed E-state index contributed by atoms with van der Waals surface area (Å²) in [6.45, 7) is 8.28. The van der Waals surface area contributed by atoms with Gasteiger partial charge in [0.1, 0.15) is 5.82 Å². The van der Waals surface area contributed by atoms with Crippen LogP contribution in [0.5, 0.6) is 0 Å². The zero-order valence-electron chi connectivity index (χ0n) is 17.9. The summed E-state index contributed by atoms with van der Waals surface area (Å²) in [6, 6.07) is 6.88. The summed E-state index contributed by atoms with van der Waals surface area (Å²) in [5.74, 6) is 0.274. The average Bonchev–Trinajstić information content (AvgIpc) is 3.10. The van der Waals surface area contributed by atoms with Gasteiger partial charge in [-0.25, -0.2) is 4.39 Å². The van der Waals surface area contributed by atoms with Crippen LogP contribution in [0.2, 0.25) is 0 Å². The quantitative estimate of drug-likeness (QED) is 0.790. The van der Waals surface area contributed by atoms with Crippen LogP contribution in [0.3, 0.4) is 0 Å². The number of hydrogen-bond acceptors (Lipinski definition) is 4. The van der Waals surface area contributed by atoms with Gasteiger partial charge >= 0.3 is 0 Å². The van der Waals surface area contributed by atoms with Crippen molar-refractivity contribution in [1.82, 2.24) is 20.0 Å². The van der Waals surface area contributed by atoms with Crippen LogP contribution in [0, 0.1) is 11.7 Å². The number of amides is 1.